The first kappa shape index (κ1) is 18.6. The molecule has 1 aromatic rings. The van der Waals surface area contributed by atoms with Crippen molar-refractivity contribution < 1.29 is 0 Å². The van der Waals surface area contributed by atoms with Crippen molar-refractivity contribution in [3.05, 3.63) is 24.4 Å². The number of unbranched alkanes of at least 4 members (excludes halogenated alkanes) is 1. The third-order valence-corrected chi connectivity index (χ3v) is 5.29. The average molecular weight is 332 g/mol. The molecule has 0 aliphatic carbocycles. The number of nitrogens with one attached hydrogen (secondary N) is 2. The number of aliphatic imine (C=N–C) groups is 1. The van der Waals surface area contributed by atoms with Crippen molar-refractivity contribution in [3.63, 3.8) is 0 Å². The van der Waals surface area contributed by atoms with Crippen molar-refractivity contribution in [3.8, 4) is 0 Å². The van der Waals surface area contributed by atoms with Gasteiger partial charge in [0.2, 0.25) is 0 Å². The summed E-state index contributed by atoms with van der Waals surface area (Å²) in [5, 5.41) is 6.79. The number of nitrogens with zero attached hydrogens (tertiary/aromatic N) is 3. The maximum absolute atomic E-state index is 4.83. The van der Waals surface area contributed by atoms with Crippen molar-refractivity contribution in [2.24, 2.45) is 10.4 Å². The van der Waals surface area contributed by atoms with Gasteiger partial charge in [0.25, 0.3) is 0 Å². The second kappa shape index (κ2) is 7.86. The lowest BCUT2D eigenvalue weighted by atomic mass is 9.65. The van der Waals surface area contributed by atoms with E-state index < -0.39 is 0 Å². The van der Waals surface area contributed by atoms with Crippen LogP contribution < -0.4 is 10.6 Å². The van der Waals surface area contributed by atoms with Crippen LogP contribution in [0.2, 0.25) is 0 Å². The van der Waals surface area contributed by atoms with Crippen molar-refractivity contribution in [2.45, 2.75) is 53.0 Å². The van der Waals surface area contributed by atoms with Crippen LogP contribution >= 0.6 is 0 Å². The lowest BCUT2D eigenvalue weighted by molar-refractivity contribution is -0.0667. The minimum Gasteiger partial charge on any atom is -0.370 e. The first-order valence-electron chi connectivity index (χ1n) is 9.09. The Labute approximate surface area is 147 Å². The highest BCUT2D eigenvalue weighted by Gasteiger charge is 2.53. The number of hydrogen-bond donors (Lipinski definition) is 2. The zero-order valence-electron chi connectivity index (χ0n) is 15.9. The Morgan fingerprint density at radius 2 is 2.04 bits per heavy atom. The summed E-state index contributed by atoms with van der Waals surface area (Å²) >= 11 is 0. The normalized spacial score (nSPS) is 18.9. The van der Waals surface area contributed by atoms with E-state index in [1.54, 1.807) is 0 Å². The number of aromatic nitrogens is 1. The van der Waals surface area contributed by atoms with Gasteiger partial charge in [0, 0.05) is 43.3 Å². The second-order valence-electron chi connectivity index (χ2n) is 7.61. The quantitative estimate of drug-likeness (QED) is 0.457. The molecule has 24 heavy (non-hydrogen) atoms. The number of anilines is 1. The summed E-state index contributed by atoms with van der Waals surface area (Å²) in [4.78, 5) is 11.5. The fourth-order valence-corrected chi connectivity index (χ4v) is 2.90. The molecule has 0 aromatic carbocycles. The van der Waals surface area contributed by atoms with E-state index in [-0.39, 0.29) is 5.54 Å². The highest BCUT2D eigenvalue weighted by atomic mass is 15.4. The zero-order valence-corrected chi connectivity index (χ0v) is 15.9. The molecule has 134 valence electrons. The first-order chi connectivity index (χ1) is 11.4. The Bertz CT molecular complexity index is 536. The van der Waals surface area contributed by atoms with E-state index >= 15 is 0 Å². The van der Waals surface area contributed by atoms with Crippen LogP contribution in [0.5, 0.6) is 0 Å². The number of likely N-dealkylation sites (tertiary alicyclic amines) is 1. The van der Waals surface area contributed by atoms with Crippen molar-refractivity contribution in [2.75, 3.05) is 31.5 Å². The van der Waals surface area contributed by atoms with Crippen LogP contribution in [-0.2, 0) is 0 Å². The smallest absolute Gasteiger partial charge is 0.194 e. The largest absolute Gasteiger partial charge is 0.370 e. The predicted octanol–water partition coefficient (Wildman–Crippen LogP) is 3.36. The van der Waals surface area contributed by atoms with E-state index in [1.165, 1.54) is 0 Å². The molecule has 1 aliphatic rings. The van der Waals surface area contributed by atoms with Crippen molar-refractivity contribution in [1.29, 1.82) is 0 Å². The Hall–Kier alpha value is -1.78. The van der Waals surface area contributed by atoms with E-state index in [4.69, 9.17) is 4.99 Å². The van der Waals surface area contributed by atoms with Crippen LogP contribution in [0.3, 0.4) is 0 Å². The summed E-state index contributed by atoms with van der Waals surface area (Å²) in [5.41, 5.74) is 0.477. The second-order valence-corrected chi connectivity index (χ2v) is 7.61. The molecule has 1 fully saturated rings. The SMILES string of the molecule is CCNC(=NCCCCNc1ccccn1)N1CC(C)(C)C1(C)C. The van der Waals surface area contributed by atoms with Gasteiger partial charge in [-0.15, -0.1) is 0 Å². The van der Waals surface area contributed by atoms with E-state index in [1.807, 2.05) is 24.4 Å². The molecule has 5 heteroatoms. The van der Waals surface area contributed by atoms with Crippen LogP contribution in [-0.4, -0.2) is 47.6 Å². The molecule has 0 radical (unpaired) electrons. The van der Waals surface area contributed by atoms with Gasteiger partial charge >= 0.3 is 0 Å². The van der Waals surface area contributed by atoms with Crippen LogP contribution in [0, 0.1) is 5.41 Å². The van der Waals surface area contributed by atoms with Crippen LogP contribution in [0.4, 0.5) is 5.82 Å². The highest BCUT2D eigenvalue weighted by Crippen LogP contribution is 2.46. The Morgan fingerprint density at radius 1 is 1.25 bits per heavy atom. The third-order valence-electron chi connectivity index (χ3n) is 5.29. The number of guanidine groups is 1. The van der Waals surface area contributed by atoms with Crippen LogP contribution in [0.15, 0.2) is 29.4 Å². The maximum Gasteiger partial charge on any atom is 0.194 e. The monoisotopic (exact) mass is 331 g/mol. The lowest BCUT2D eigenvalue weighted by Crippen LogP contribution is -2.72. The number of hydrogen-bond acceptors (Lipinski definition) is 3. The van der Waals surface area contributed by atoms with Gasteiger partial charge in [-0.05, 0) is 45.7 Å². The van der Waals surface area contributed by atoms with Gasteiger partial charge in [0.05, 0.1) is 0 Å². The van der Waals surface area contributed by atoms with E-state index in [9.17, 15) is 0 Å². The molecule has 0 saturated carbocycles. The summed E-state index contributed by atoms with van der Waals surface area (Å²) in [6, 6.07) is 5.93. The molecule has 1 aromatic heterocycles. The van der Waals surface area contributed by atoms with Gasteiger partial charge in [-0.25, -0.2) is 4.98 Å². The third kappa shape index (κ3) is 4.19. The summed E-state index contributed by atoms with van der Waals surface area (Å²) in [6.07, 6.45) is 3.98. The Balaban J connectivity index is 1.76. The molecule has 2 N–H and O–H groups in total. The zero-order chi connectivity index (χ0) is 17.6. The molecule has 0 amide bonds. The van der Waals surface area contributed by atoms with Crippen LogP contribution in [0.25, 0.3) is 0 Å². The Kier molecular flexibility index (Phi) is 6.08. The van der Waals surface area contributed by atoms with Gasteiger partial charge in [-0.2, -0.15) is 0 Å². The van der Waals surface area contributed by atoms with Gasteiger partial charge in [0.1, 0.15) is 5.82 Å². The van der Waals surface area contributed by atoms with E-state index in [0.717, 1.165) is 50.8 Å². The molecule has 0 bridgehead atoms. The fourth-order valence-electron chi connectivity index (χ4n) is 2.90. The first-order valence-corrected chi connectivity index (χ1v) is 9.09. The molecule has 2 heterocycles. The van der Waals surface area contributed by atoms with Gasteiger partial charge in [-0.3, -0.25) is 4.99 Å². The molecule has 0 atom stereocenters. The highest BCUT2D eigenvalue weighted by molar-refractivity contribution is 5.82. The molecule has 1 aliphatic heterocycles. The fraction of sp³-hybridized carbons (Fsp3) is 0.684. The molecular formula is C19H33N5. The van der Waals surface area contributed by atoms with Gasteiger partial charge < -0.3 is 15.5 Å². The summed E-state index contributed by atoms with van der Waals surface area (Å²) < 4.78 is 0. The summed E-state index contributed by atoms with van der Waals surface area (Å²) in [7, 11) is 0. The molecule has 5 nitrogen and oxygen atoms in total. The number of rotatable bonds is 7. The van der Waals surface area contributed by atoms with E-state index in [2.05, 4.69) is 55.1 Å². The summed E-state index contributed by atoms with van der Waals surface area (Å²) in [5.74, 6) is 2.00. The summed E-state index contributed by atoms with van der Waals surface area (Å²) in [6.45, 7) is 15.2. The van der Waals surface area contributed by atoms with Crippen molar-refractivity contribution in [1.82, 2.24) is 15.2 Å². The van der Waals surface area contributed by atoms with Crippen LogP contribution in [0.1, 0.15) is 47.5 Å². The van der Waals surface area contributed by atoms with E-state index in [0.29, 0.717) is 5.41 Å². The maximum atomic E-state index is 4.83. The standard InChI is InChI=1S/C19H33N5/c1-6-20-17(24-15-18(2,3)19(24,4)5)23-14-10-9-13-22-16-11-7-8-12-21-16/h7-8,11-12H,6,9-10,13-15H2,1-5H3,(H,20,23)(H,21,22). The topological polar surface area (TPSA) is 52.6 Å². The average Bonchev–Trinajstić information content (AvgIpc) is 2.56. The minimum absolute atomic E-state index is 0.147. The van der Waals surface area contributed by atoms with Gasteiger partial charge in [-0.1, -0.05) is 19.9 Å². The molecular weight excluding hydrogens is 298 g/mol. The predicted molar refractivity (Wildman–Crippen MR) is 103 cm³/mol. The Morgan fingerprint density at radius 3 is 2.62 bits per heavy atom. The number of pyridine rings is 1. The minimum atomic E-state index is 0.147. The molecule has 0 spiro atoms. The van der Waals surface area contributed by atoms with Crippen molar-refractivity contribution >= 4 is 11.8 Å². The van der Waals surface area contributed by atoms with Gasteiger partial charge in [0.15, 0.2) is 5.96 Å². The molecule has 1 saturated heterocycles. The molecule has 2 rings (SSSR count). The molecule has 0 unspecified atom stereocenters. The lowest BCUT2D eigenvalue weighted by Gasteiger charge is -2.62.